The van der Waals surface area contributed by atoms with Crippen LogP contribution < -0.4 is 21.3 Å². The van der Waals surface area contributed by atoms with Gasteiger partial charge in [-0.1, -0.05) is 12.8 Å². The van der Waals surface area contributed by atoms with Crippen molar-refractivity contribution in [1.29, 1.82) is 0 Å². The first-order chi connectivity index (χ1) is 8.17. The Hall–Kier alpha value is -1.46. The van der Waals surface area contributed by atoms with Crippen molar-refractivity contribution in [2.75, 3.05) is 13.6 Å². The molecule has 0 aromatic rings. The van der Waals surface area contributed by atoms with Gasteiger partial charge in [-0.25, -0.2) is 9.59 Å². The molecule has 0 radical (unpaired) electrons. The summed E-state index contributed by atoms with van der Waals surface area (Å²) in [6, 6.07) is -0.318. The third-order valence-electron chi connectivity index (χ3n) is 2.96. The second kappa shape index (κ2) is 6.98. The predicted octanol–water partition coefficient (Wildman–Crippen LogP) is 0.546. The predicted molar refractivity (Wildman–Crippen MR) is 65.8 cm³/mol. The van der Waals surface area contributed by atoms with Crippen molar-refractivity contribution in [2.45, 2.75) is 44.7 Å². The molecule has 1 aliphatic carbocycles. The van der Waals surface area contributed by atoms with E-state index < -0.39 is 0 Å². The number of carbonyl (C=O) groups is 2. The highest BCUT2D eigenvalue weighted by atomic mass is 16.2. The maximum Gasteiger partial charge on any atom is 0.315 e. The molecule has 98 valence electrons. The van der Waals surface area contributed by atoms with Gasteiger partial charge in [0, 0.05) is 13.6 Å². The van der Waals surface area contributed by atoms with Crippen molar-refractivity contribution in [3.8, 4) is 0 Å². The van der Waals surface area contributed by atoms with Crippen molar-refractivity contribution in [3.05, 3.63) is 0 Å². The molecular formula is C11H22N4O2. The molecule has 0 bridgehead atoms. The average Bonchev–Trinajstić information content (AvgIpc) is 2.31. The topological polar surface area (TPSA) is 82.3 Å². The van der Waals surface area contributed by atoms with Crippen LogP contribution in [-0.4, -0.2) is 37.7 Å². The zero-order valence-corrected chi connectivity index (χ0v) is 10.5. The molecule has 2 atom stereocenters. The van der Waals surface area contributed by atoms with Gasteiger partial charge in [-0.3, -0.25) is 0 Å². The summed E-state index contributed by atoms with van der Waals surface area (Å²) in [4.78, 5) is 22.7. The molecule has 0 spiro atoms. The van der Waals surface area contributed by atoms with Crippen LogP contribution in [0.2, 0.25) is 0 Å². The molecule has 0 aromatic carbocycles. The summed E-state index contributed by atoms with van der Waals surface area (Å²) in [5, 5.41) is 11.0. The molecule has 2 unspecified atom stereocenters. The maximum absolute atomic E-state index is 11.5. The van der Waals surface area contributed by atoms with Crippen molar-refractivity contribution >= 4 is 12.1 Å². The standard InChI is InChI=1S/C11H22N4O2/c1-3-13-11(17)15-9-7-5-4-6-8(9)14-10(16)12-2/h8-9H,3-7H2,1-2H3,(H2,12,14,16)(H2,13,15,17). The van der Waals surface area contributed by atoms with Gasteiger partial charge >= 0.3 is 12.1 Å². The summed E-state index contributed by atoms with van der Waals surface area (Å²) < 4.78 is 0. The van der Waals surface area contributed by atoms with E-state index in [1.54, 1.807) is 7.05 Å². The van der Waals surface area contributed by atoms with Gasteiger partial charge < -0.3 is 21.3 Å². The molecule has 1 fully saturated rings. The summed E-state index contributed by atoms with van der Waals surface area (Å²) >= 11 is 0. The first-order valence-corrected chi connectivity index (χ1v) is 6.20. The van der Waals surface area contributed by atoms with Crippen LogP contribution in [0.3, 0.4) is 0 Å². The van der Waals surface area contributed by atoms with Gasteiger partial charge in [0.15, 0.2) is 0 Å². The smallest absolute Gasteiger partial charge is 0.315 e. The Kier molecular flexibility index (Phi) is 5.59. The van der Waals surface area contributed by atoms with Crippen LogP contribution in [-0.2, 0) is 0 Å². The highest BCUT2D eigenvalue weighted by molar-refractivity contribution is 5.75. The fourth-order valence-electron chi connectivity index (χ4n) is 2.10. The Morgan fingerprint density at radius 2 is 1.59 bits per heavy atom. The number of hydrogen-bond acceptors (Lipinski definition) is 2. The molecule has 6 heteroatoms. The number of rotatable bonds is 3. The number of amides is 4. The number of carbonyl (C=O) groups excluding carboxylic acids is 2. The van der Waals surface area contributed by atoms with Crippen LogP contribution in [0, 0.1) is 0 Å². The lowest BCUT2D eigenvalue weighted by atomic mass is 9.90. The first kappa shape index (κ1) is 13.6. The van der Waals surface area contributed by atoms with E-state index in [0.29, 0.717) is 6.54 Å². The van der Waals surface area contributed by atoms with Gasteiger partial charge in [0.05, 0.1) is 12.1 Å². The van der Waals surface area contributed by atoms with E-state index in [9.17, 15) is 9.59 Å². The Bertz CT molecular complexity index is 270. The Morgan fingerprint density at radius 3 is 2.06 bits per heavy atom. The molecule has 1 saturated carbocycles. The fourth-order valence-corrected chi connectivity index (χ4v) is 2.10. The minimum Gasteiger partial charge on any atom is -0.341 e. The normalized spacial score (nSPS) is 23.6. The van der Waals surface area contributed by atoms with E-state index in [1.807, 2.05) is 6.92 Å². The van der Waals surface area contributed by atoms with Gasteiger partial charge in [0.2, 0.25) is 0 Å². The van der Waals surface area contributed by atoms with Crippen molar-refractivity contribution in [2.24, 2.45) is 0 Å². The molecule has 0 aromatic heterocycles. The molecule has 17 heavy (non-hydrogen) atoms. The maximum atomic E-state index is 11.5. The summed E-state index contributed by atoms with van der Waals surface area (Å²) in [6.45, 7) is 2.48. The second-order valence-corrected chi connectivity index (χ2v) is 4.22. The summed E-state index contributed by atoms with van der Waals surface area (Å²) in [5.74, 6) is 0. The van der Waals surface area contributed by atoms with E-state index >= 15 is 0 Å². The van der Waals surface area contributed by atoms with Crippen LogP contribution in [0.1, 0.15) is 32.6 Å². The molecule has 1 aliphatic rings. The van der Waals surface area contributed by atoms with Crippen molar-refractivity contribution in [3.63, 3.8) is 0 Å². The monoisotopic (exact) mass is 242 g/mol. The second-order valence-electron chi connectivity index (χ2n) is 4.22. The van der Waals surface area contributed by atoms with E-state index in [2.05, 4.69) is 21.3 Å². The summed E-state index contributed by atoms with van der Waals surface area (Å²) in [7, 11) is 1.59. The van der Waals surface area contributed by atoms with E-state index in [0.717, 1.165) is 25.7 Å². The molecule has 6 nitrogen and oxygen atoms in total. The minimum absolute atomic E-state index is 0.0197. The largest absolute Gasteiger partial charge is 0.341 e. The third-order valence-corrected chi connectivity index (χ3v) is 2.96. The van der Waals surface area contributed by atoms with Crippen LogP contribution in [0.5, 0.6) is 0 Å². The minimum atomic E-state index is -0.195. The lowest BCUT2D eigenvalue weighted by molar-refractivity contribution is 0.215. The third kappa shape index (κ3) is 4.50. The van der Waals surface area contributed by atoms with Gasteiger partial charge in [-0.05, 0) is 19.8 Å². The summed E-state index contributed by atoms with van der Waals surface area (Å²) in [5.41, 5.74) is 0. The van der Waals surface area contributed by atoms with Gasteiger partial charge in [-0.2, -0.15) is 0 Å². The van der Waals surface area contributed by atoms with Crippen LogP contribution in [0.15, 0.2) is 0 Å². The molecular weight excluding hydrogens is 220 g/mol. The van der Waals surface area contributed by atoms with E-state index in [4.69, 9.17) is 0 Å². The number of nitrogens with one attached hydrogen (secondary N) is 4. The Morgan fingerprint density at radius 1 is 1.06 bits per heavy atom. The van der Waals surface area contributed by atoms with Gasteiger partial charge in [0.25, 0.3) is 0 Å². The van der Waals surface area contributed by atoms with Crippen LogP contribution >= 0.6 is 0 Å². The Balaban J connectivity index is 2.47. The SMILES string of the molecule is CCNC(=O)NC1CCCCC1NC(=O)NC. The fraction of sp³-hybridized carbons (Fsp3) is 0.818. The molecule has 1 rings (SSSR count). The first-order valence-electron chi connectivity index (χ1n) is 6.20. The van der Waals surface area contributed by atoms with Crippen LogP contribution in [0.4, 0.5) is 9.59 Å². The molecule has 0 saturated heterocycles. The molecule has 4 amide bonds. The van der Waals surface area contributed by atoms with Crippen LogP contribution in [0.25, 0.3) is 0 Å². The molecule has 4 N–H and O–H groups in total. The van der Waals surface area contributed by atoms with Crippen molar-refractivity contribution in [1.82, 2.24) is 21.3 Å². The van der Waals surface area contributed by atoms with Gasteiger partial charge in [-0.15, -0.1) is 0 Å². The number of hydrogen-bond donors (Lipinski definition) is 4. The van der Waals surface area contributed by atoms with E-state index in [1.165, 1.54) is 0 Å². The Labute approximate surface area is 102 Å². The van der Waals surface area contributed by atoms with E-state index in [-0.39, 0.29) is 24.1 Å². The highest BCUT2D eigenvalue weighted by Crippen LogP contribution is 2.18. The lowest BCUT2D eigenvalue weighted by Crippen LogP contribution is -2.56. The quantitative estimate of drug-likeness (QED) is 0.583. The summed E-state index contributed by atoms with van der Waals surface area (Å²) in [6.07, 6.45) is 3.99. The highest BCUT2D eigenvalue weighted by Gasteiger charge is 2.27. The zero-order chi connectivity index (χ0) is 12.7. The lowest BCUT2D eigenvalue weighted by Gasteiger charge is -2.32. The van der Waals surface area contributed by atoms with Crippen molar-refractivity contribution < 1.29 is 9.59 Å². The molecule has 0 aliphatic heterocycles. The zero-order valence-electron chi connectivity index (χ0n) is 10.5. The number of urea groups is 2. The molecule has 0 heterocycles. The average molecular weight is 242 g/mol. The van der Waals surface area contributed by atoms with Gasteiger partial charge in [0.1, 0.15) is 0 Å².